The second-order valence-corrected chi connectivity index (χ2v) is 7.53. The molecule has 1 heterocycles. The van der Waals surface area contributed by atoms with Gasteiger partial charge in [-0.3, -0.25) is 14.4 Å². The highest BCUT2D eigenvalue weighted by molar-refractivity contribution is 7.99. The van der Waals surface area contributed by atoms with E-state index in [4.69, 9.17) is 0 Å². The van der Waals surface area contributed by atoms with Crippen LogP contribution in [0.1, 0.15) is 34.1 Å². The number of aromatic amines is 1. The summed E-state index contributed by atoms with van der Waals surface area (Å²) < 4.78 is 0. The molecule has 3 rings (SSSR count). The lowest BCUT2D eigenvalue weighted by molar-refractivity contribution is -0.113. The number of amides is 1. The Morgan fingerprint density at radius 2 is 1.76 bits per heavy atom. The molecule has 0 aliphatic heterocycles. The molecule has 29 heavy (non-hydrogen) atoms. The lowest BCUT2D eigenvalue weighted by atomic mass is 10.1. The molecule has 148 valence electrons. The Kier molecular flexibility index (Phi) is 6.61. The van der Waals surface area contributed by atoms with Crippen LogP contribution in [0.3, 0.4) is 0 Å². The lowest BCUT2D eigenvalue weighted by Crippen LogP contribution is -2.19. The van der Waals surface area contributed by atoms with Gasteiger partial charge < -0.3 is 10.3 Å². The number of carbonyl (C=O) groups excluding carboxylic acids is 2. The number of nitrogens with one attached hydrogen (secondary N) is 2. The van der Waals surface area contributed by atoms with Crippen molar-refractivity contribution in [2.45, 2.75) is 25.4 Å². The van der Waals surface area contributed by atoms with Crippen molar-refractivity contribution < 1.29 is 9.59 Å². The van der Waals surface area contributed by atoms with Gasteiger partial charge in [-0.25, -0.2) is 4.98 Å². The molecular weight excluding hydrogens is 386 g/mol. The summed E-state index contributed by atoms with van der Waals surface area (Å²) >= 11 is 1.17. The smallest absolute Gasteiger partial charge is 0.255 e. The summed E-state index contributed by atoms with van der Waals surface area (Å²) in [5, 5.41) is 3.17. The Morgan fingerprint density at radius 1 is 1.07 bits per heavy atom. The number of anilines is 1. The van der Waals surface area contributed by atoms with Gasteiger partial charge in [-0.05, 0) is 43.7 Å². The molecule has 7 heteroatoms. The lowest BCUT2D eigenvalue weighted by Gasteiger charge is -2.08. The highest BCUT2D eigenvalue weighted by Gasteiger charge is 2.11. The predicted octanol–water partition coefficient (Wildman–Crippen LogP) is 3.60. The minimum Gasteiger partial charge on any atom is -0.325 e. The second-order valence-electron chi connectivity index (χ2n) is 6.57. The standard InChI is InChI=1S/C22H21N3O3S/c1-14-19(12-16-6-4-3-5-7-16)21(28)25-22(23-14)29-13-20(27)24-18-10-8-17(9-11-18)15(2)26/h3-11H,12-13H2,1-2H3,(H,24,27)(H,23,25,28). The molecule has 0 spiro atoms. The Labute approximate surface area is 172 Å². The summed E-state index contributed by atoms with van der Waals surface area (Å²) in [5.74, 6) is -0.145. The number of hydrogen-bond acceptors (Lipinski definition) is 5. The van der Waals surface area contributed by atoms with Gasteiger partial charge in [0.25, 0.3) is 5.56 Å². The molecule has 6 nitrogen and oxygen atoms in total. The van der Waals surface area contributed by atoms with E-state index in [9.17, 15) is 14.4 Å². The Bertz CT molecular complexity index is 1080. The summed E-state index contributed by atoms with van der Waals surface area (Å²) in [4.78, 5) is 43.1. The molecule has 0 fully saturated rings. The molecule has 0 bridgehead atoms. The molecule has 1 aromatic heterocycles. The van der Waals surface area contributed by atoms with E-state index in [0.717, 1.165) is 5.56 Å². The largest absolute Gasteiger partial charge is 0.325 e. The van der Waals surface area contributed by atoms with Gasteiger partial charge in [0, 0.05) is 28.9 Å². The number of ketones is 1. The maximum absolute atomic E-state index is 12.5. The monoisotopic (exact) mass is 407 g/mol. The van der Waals surface area contributed by atoms with Crippen LogP contribution in [0.4, 0.5) is 5.69 Å². The summed E-state index contributed by atoms with van der Waals surface area (Å²) in [6, 6.07) is 16.4. The highest BCUT2D eigenvalue weighted by Crippen LogP contribution is 2.16. The first-order valence-electron chi connectivity index (χ1n) is 9.10. The molecule has 0 aliphatic rings. The Hall–Kier alpha value is -3.19. The van der Waals surface area contributed by atoms with Gasteiger partial charge in [-0.2, -0.15) is 0 Å². The van der Waals surface area contributed by atoms with Crippen LogP contribution >= 0.6 is 11.8 Å². The van der Waals surface area contributed by atoms with E-state index in [2.05, 4.69) is 15.3 Å². The third-order valence-corrected chi connectivity index (χ3v) is 5.21. The first-order valence-corrected chi connectivity index (χ1v) is 10.1. The van der Waals surface area contributed by atoms with Gasteiger partial charge >= 0.3 is 0 Å². The van der Waals surface area contributed by atoms with E-state index in [-0.39, 0.29) is 23.0 Å². The molecule has 0 aliphatic carbocycles. The van der Waals surface area contributed by atoms with Gasteiger partial charge in [-0.1, -0.05) is 42.1 Å². The average molecular weight is 407 g/mol. The van der Waals surface area contributed by atoms with Crippen LogP contribution in [0.2, 0.25) is 0 Å². The van der Waals surface area contributed by atoms with E-state index >= 15 is 0 Å². The molecular formula is C22H21N3O3S. The van der Waals surface area contributed by atoms with Crippen LogP contribution in [-0.4, -0.2) is 27.4 Å². The predicted molar refractivity (Wildman–Crippen MR) is 115 cm³/mol. The summed E-state index contributed by atoms with van der Waals surface area (Å²) in [6.45, 7) is 3.29. The number of H-pyrrole nitrogens is 1. The normalized spacial score (nSPS) is 10.6. The number of aromatic nitrogens is 2. The third kappa shape index (κ3) is 5.65. The van der Waals surface area contributed by atoms with Gasteiger partial charge in [0.05, 0.1) is 5.75 Å². The van der Waals surface area contributed by atoms with Crippen LogP contribution in [-0.2, 0) is 11.2 Å². The maximum atomic E-state index is 12.5. The maximum Gasteiger partial charge on any atom is 0.255 e. The highest BCUT2D eigenvalue weighted by atomic mass is 32.2. The zero-order valence-electron chi connectivity index (χ0n) is 16.2. The van der Waals surface area contributed by atoms with Crippen molar-refractivity contribution in [3.8, 4) is 0 Å². The van der Waals surface area contributed by atoms with Crippen molar-refractivity contribution in [2.24, 2.45) is 0 Å². The van der Waals surface area contributed by atoms with Crippen LogP contribution < -0.4 is 10.9 Å². The zero-order valence-corrected chi connectivity index (χ0v) is 17.0. The quantitative estimate of drug-likeness (QED) is 0.355. The molecule has 2 aromatic carbocycles. The van der Waals surface area contributed by atoms with Gasteiger partial charge in [0.15, 0.2) is 10.9 Å². The number of thioether (sulfide) groups is 1. The van der Waals surface area contributed by atoms with Gasteiger partial charge in [-0.15, -0.1) is 0 Å². The van der Waals surface area contributed by atoms with Crippen LogP contribution in [0.15, 0.2) is 64.5 Å². The second kappa shape index (κ2) is 9.34. The number of nitrogens with zero attached hydrogens (tertiary/aromatic N) is 1. The average Bonchev–Trinajstić information content (AvgIpc) is 2.70. The number of aryl methyl sites for hydroxylation is 1. The molecule has 2 N–H and O–H groups in total. The van der Waals surface area contributed by atoms with E-state index in [1.54, 1.807) is 31.2 Å². The van der Waals surface area contributed by atoms with Crippen molar-refractivity contribution in [3.05, 3.63) is 87.3 Å². The fraction of sp³-hybridized carbons (Fsp3) is 0.182. The summed E-state index contributed by atoms with van der Waals surface area (Å²) in [5.41, 5.74) is 3.32. The topological polar surface area (TPSA) is 91.9 Å². The van der Waals surface area contributed by atoms with Crippen LogP contribution in [0, 0.1) is 6.92 Å². The van der Waals surface area contributed by atoms with Crippen LogP contribution in [0.25, 0.3) is 0 Å². The molecule has 0 saturated heterocycles. The van der Waals surface area contributed by atoms with E-state index < -0.39 is 0 Å². The number of Topliss-reactive ketones (excluding diaryl/α,β-unsaturated/α-hetero) is 1. The fourth-order valence-corrected chi connectivity index (χ4v) is 3.49. The first kappa shape index (κ1) is 20.5. The Morgan fingerprint density at radius 3 is 2.38 bits per heavy atom. The fourth-order valence-electron chi connectivity index (χ4n) is 2.78. The van der Waals surface area contributed by atoms with Gasteiger partial charge in [0.1, 0.15) is 0 Å². The zero-order chi connectivity index (χ0) is 20.8. The van der Waals surface area contributed by atoms with Gasteiger partial charge in [0.2, 0.25) is 5.91 Å². The number of benzene rings is 2. The SMILES string of the molecule is CC(=O)c1ccc(NC(=O)CSc2nc(C)c(Cc3ccccc3)c(=O)[nH]2)cc1. The molecule has 3 aromatic rings. The molecule has 1 amide bonds. The van der Waals surface area contributed by atoms with Crippen LogP contribution in [0.5, 0.6) is 0 Å². The van der Waals surface area contributed by atoms with E-state index in [1.165, 1.54) is 18.7 Å². The van der Waals surface area contributed by atoms with E-state index in [0.29, 0.717) is 34.1 Å². The third-order valence-electron chi connectivity index (χ3n) is 4.34. The first-order chi connectivity index (χ1) is 13.9. The van der Waals surface area contributed by atoms with Crippen molar-refractivity contribution >= 4 is 29.1 Å². The minimum absolute atomic E-state index is 0.0282. The summed E-state index contributed by atoms with van der Waals surface area (Å²) in [7, 11) is 0. The molecule has 0 radical (unpaired) electrons. The number of hydrogen-bond donors (Lipinski definition) is 2. The molecule has 0 saturated carbocycles. The summed E-state index contributed by atoms with van der Waals surface area (Å²) in [6.07, 6.45) is 0.511. The van der Waals surface area contributed by atoms with E-state index in [1.807, 2.05) is 30.3 Å². The van der Waals surface area contributed by atoms with Crippen molar-refractivity contribution in [1.29, 1.82) is 0 Å². The number of carbonyl (C=O) groups is 2. The van der Waals surface area contributed by atoms with Crippen molar-refractivity contribution in [3.63, 3.8) is 0 Å². The number of rotatable bonds is 7. The molecule has 0 atom stereocenters. The van der Waals surface area contributed by atoms with Crippen molar-refractivity contribution in [1.82, 2.24) is 9.97 Å². The van der Waals surface area contributed by atoms with Crippen molar-refractivity contribution in [2.75, 3.05) is 11.1 Å². The molecule has 0 unspecified atom stereocenters. The Balaban J connectivity index is 1.61. The minimum atomic E-state index is -0.223.